The number of carbonyl (C=O) groups excluding carboxylic acids is 1. The van der Waals surface area contributed by atoms with Gasteiger partial charge in [-0.1, -0.05) is 0 Å². The van der Waals surface area contributed by atoms with Crippen molar-refractivity contribution in [2.75, 3.05) is 7.11 Å². The first-order valence-electron chi connectivity index (χ1n) is 2.20. The second-order valence-electron chi connectivity index (χ2n) is 1.48. The molecule has 0 saturated heterocycles. The SMILES string of the molecule is COC(C(=O)[O-])C(F)(F)F.[Na+]. The number of rotatable bonds is 2. The Morgan fingerprint density at radius 1 is 1.55 bits per heavy atom. The number of carbonyl (C=O) groups is 1. The fraction of sp³-hybridized carbons (Fsp3) is 0.750. The molecule has 0 bridgehead atoms. The molecule has 0 aliphatic rings. The molecular weight excluding hydrogens is 176 g/mol. The Kier molecular flexibility index (Phi) is 6.23. The summed E-state index contributed by atoms with van der Waals surface area (Å²) in [5, 5.41) is 9.62. The number of carboxylic acids is 1. The van der Waals surface area contributed by atoms with Crippen molar-refractivity contribution in [3.8, 4) is 0 Å². The molecule has 7 heteroatoms. The van der Waals surface area contributed by atoms with Gasteiger partial charge in [-0.3, -0.25) is 0 Å². The van der Waals surface area contributed by atoms with E-state index in [2.05, 4.69) is 4.74 Å². The van der Waals surface area contributed by atoms with E-state index in [1.807, 2.05) is 0 Å². The number of methoxy groups -OCH3 is 1. The van der Waals surface area contributed by atoms with Gasteiger partial charge in [-0.2, -0.15) is 13.2 Å². The van der Waals surface area contributed by atoms with Gasteiger partial charge < -0.3 is 14.6 Å². The summed E-state index contributed by atoms with van der Waals surface area (Å²) < 4.78 is 37.9. The van der Waals surface area contributed by atoms with Crippen molar-refractivity contribution in [1.82, 2.24) is 0 Å². The van der Waals surface area contributed by atoms with Gasteiger partial charge in [0.1, 0.15) is 0 Å². The zero-order valence-corrected chi connectivity index (χ0v) is 7.94. The first kappa shape index (κ1) is 13.8. The summed E-state index contributed by atoms with van der Waals surface area (Å²) in [4.78, 5) is 9.62. The van der Waals surface area contributed by atoms with Gasteiger partial charge in [0, 0.05) is 7.11 Å². The second kappa shape index (κ2) is 4.97. The van der Waals surface area contributed by atoms with Crippen molar-refractivity contribution in [3.05, 3.63) is 0 Å². The van der Waals surface area contributed by atoms with Crippen LogP contribution in [0.5, 0.6) is 0 Å². The molecule has 0 amide bonds. The smallest absolute Gasteiger partial charge is 0.547 e. The van der Waals surface area contributed by atoms with Gasteiger partial charge >= 0.3 is 35.7 Å². The summed E-state index contributed by atoms with van der Waals surface area (Å²) in [5.41, 5.74) is 0. The predicted molar refractivity (Wildman–Crippen MR) is 21.9 cm³/mol. The normalized spacial score (nSPS) is 13.5. The van der Waals surface area contributed by atoms with Crippen LogP contribution < -0.4 is 34.7 Å². The van der Waals surface area contributed by atoms with Crippen molar-refractivity contribution in [3.63, 3.8) is 0 Å². The van der Waals surface area contributed by atoms with Crippen LogP contribution in [0, 0.1) is 0 Å². The van der Waals surface area contributed by atoms with Crippen LogP contribution in [0.2, 0.25) is 0 Å². The molecule has 0 fully saturated rings. The molecule has 0 aromatic carbocycles. The minimum absolute atomic E-state index is 0. The van der Waals surface area contributed by atoms with Crippen molar-refractivity contribution in [1.29, 1.82) is 0 Å². The molecule has 1 unspecified atom stereocenters. The van der Waals surface area contributed by atoms with E-state index in [0.29, 0.717) is 7.11 Å². The van der Waals surface area contributed by atoms with Crippen LogP contribution >= 0.6 is 0 Å². The topological polar surface area (TPSA) is 49.4 Å². The molecule has 0 aromatic heterocycles. The average Bonchev–Trinajstić information content (AvgIpc) is 1.60. The van der Waals surface area contributed by atoms with Crippen LogP contribution in [-0.2, 0) is 9.53 Å². The molecule has 3 nitrogen and oxygen atoms in total. The molecule has 0 heterocycles. The number of hydrogen-bond donors (Lipinski definition) is 0. The Balaban J connectivity index is 0. The van der Waals surface area contributed by atoms with Gasteiger partial charge in [-0.25, -0.2) is 0 Å². The zero-order chi connectivity index (χ0) is 8.36. The molecule has 0 saturated carbocycles. The molecule has 0 aliphatic carbocycles. The zero-order valence-electron chi connectivity index (χ0n) is 5.94. The number of carboxylic acid groups (broad SMARTS) is 1. The van der Waals surface area contributed by atoms with Crippen LogP contribution in [-0.4, -0.2) is 25.4 Å². The maximum atomic E-state index is 11.4. The van der Waals surface area contributed by atoms with Crippen LogP contribution in [0.25, 0.3) is 0 Å². The van der Waals surface area contributed by atoms with Crippen molar-refractivity contribution in [2.24, 2.45) is 0 Å². The van der Waals surface area contributed by atoms with Crippen LogP contribution in [0.1, 0.15) is 0 Å². The maximum Gasteiger partial charge on any atom is 1.00 e. The van der Waals surface area contributed by atoms with E-state index in [1.165, 1.54) is 0 Å². The Bertz CT molecular complexity index is 135. The molecule has 1 atom stereocenters. The van der Waals surface area contributed by atoms with Crippen molar-refractivity contribution in [2.45, 2.75) is 12.3 Å². The molecule has 60 valence electrons. The van der Waals surface area contributed by atoms with Gasteiger partial charge in [-0.15, -0.1) is 0 Å². The van der Waals surface area contributed by atoms with E-state index in [-0.39, 0.29) is 29.6 Å². The Morgan fingerprint density at radius 2 is 1.91 bits per heavy atom. The molecule has 0 aromatic rings. The Morgan fingerprint density at radius 3 is 1.91 bits per heavy atom. The summed E-state index contributed by atoms with van der Waals surface area (Å²) in [5.74, 6) is -2.28. The average molecular weight is 180 g/mol. The molecule has 0 aliphatic heterocycles. The third kappa shape index (κ3) is 4.62. The minimum atomic E-state index is -4.90. The first-order valence-corrected chi connectivity index (χ1v) is 2.20. The number of ether oxygens (including phenoxy) is 1. The largest absolute Gasteiger partial charge is 1.00 e. The Hall–Kier alpha value is 0.220. The predicted octanol–water partition coefficient (Wildman–Crippen LogP) is -3.68. The van der Waals surface area contributed by atoms with Crippen molar-refractivity contribution >= 4 is 5.97 Å². The maximum absolute atomic E-state index is 11.4. The van der Waals surface area contributed by atoms with E-state index in [1.54, 1.807) is 0 Å². The molecule has 0 rings (SSSR count). The van der Waals surface area contributed by atoms with Crippen molar-refractivity contribution < 1.29 is 57.4 Å². The van der Waals surface area contributed by atoms with E-state index in [4.69, 9.17) is 0 Å². The van der Waals surface area contributed by atoms with E-state index >= 15 is 0 Å². The third-order valence-corrected chi connectivity index (χ3v) is 0.747. The van der Waals surface area contributed by atoms with E-state index in [0.717, 1.165) is 0 Å². The van der Waals surface area contributed by atoms with Crippen LogP contribution in [0.15, 0.2) is 0 Å². The summed E-state index contributed by atoms with van der Waals surface area (Å²) >= 11 is 0. The summed E-state index contributed by atoms with van der Waals surface area (Å²) in [6.07, 6.45) is -7.72. The summed E-state index contributed by atoms with van der Waals surface area (Å²) in [7, 11) is 0.647. The van der Waals surface area contributed by atoms with Gasteiger partial charge in [0.25, 0.3) is 0 Å². The summed E-state index contributed by atoms with van der Waals surface area (Å²) in [6, 6.07) is 0. The molecule has 0 spiro atoms. The van der Waals surface area contributed by atoms with E-state index in [9.17, 15) is 23.1 Å². The minimum Gasteiger partial charge on any atom is -0.547 e. The molecule has 0 radical (unpaired) electrons. The fourth-order valence-corrected chi connectivity index (χ4v) is 0.363. The monoisotopic (exact) mass is 180 g/mol. The van der Waals surface area contributed by atoms with Gasteiger partial charge in [0.15, 0.2) is 6.10 Å². The van der Waals surface area contributed by atoms with Gasteiger partial charge in [0.05, 0.1) is 5.97 Å². The standard InChI is InChI=1S/C4H5F3O3.Na/c1-10-2(3(8)9)4(5,6)7;/h2H,1H3,(H,8,9);/q;+1/p-1. The fourth-order valence-electron chi connectivity index (χ4n) is 0.363. The molecule has 11 heavy (non-hydrogen) atoms. The quantitative estimate of drug-likeness (QED) is 0.411. The third-order valence-electron chi connectivity index (χ3n) is 0.747. The molecular formula is C4H4F3NaO3. The van der Waals surface area contributed by atoms with E-state index < -0.39 is 18.2 Å². The first-order chi connectivity index (χ1) is 4.39. The Labute approximate surface area is 82.8 Å². The molecule has 0 N–H and O–H groups in total. The van der Waals surface area contributed by atoms with Gasteiger partial charge in [-0.05, 0) is 0 Å². The number of halogens is 3. The van der Waals surface area contributed by atoms with Gasteiger partial charge in [0.2, 0.25) is 0 Å². The summed E-state index contributed by atoms with van der Waals surface area (Å²) in [6.45, 7) is 0. The number of hydrogen-bond acceptors (Lipinski definition) is 3. The van der Waals surface area contributed by atoms with Crippen LogP contribution in [0.4, 0.5) is 13.2 Å². The van der Waals surface area contributed by atoms with Crippen LogP contribution in [0.3, 0.4) is 0 Å². The number of aliphatic carboxylic acids is 1. The number of alkyl halides is 3. The second-order valence-corrected chi connectivity index (χ2v) is 1.48.